The van der Waals surface area contributed by atoms with Gasteiger partial charge < -0.3 is 4.74 Å². The molecule has 2 aliphatic carbocycles. The summed E-state index contributed by atoms with van der Waals surface area (Å²) in [6.07, 6.45) is 2.19. The number of rotatable bonds is 3. The Labute approximate surface area is 187 Å². The first-order valence-electron chi connectivity index (χ1n) is 11.1. The normalized spacial score (nSPS) is 28.4. The molecule has 3 aromatic carbocycles. The summed E-state index contributed by atoms with van der Waals surface area (Å²) < 4.78 is 7.18. The van der Waals surface area contributed by atoms with Crippen LogP contribution in [-0.4, -0.2) is 5.97 Å². The second-order valence-corrected chi connectivity index (χ2v) is 10.9. The quantitative estimate of drug-likeness (QED) is 0.296. The molecule has 0 saturated heterocycles. The van der Waals surface area contributed by atoms with E-state index in [1.807, 2.05) is 13.8 Å². The highest BCUT2D eigenvalue weighted by Gasteiger charge is 2.52. The average molecular weight is 465 g/mol. The molecule has 2 fully saturated rings. The molecule has 30 heavy (non-hydrogen) atoms. The van der Waals surface area contributed by atoms with Gasteiger partial charge in [0, 0.05) is 10.0 Å². The van der Waals surface area contributed by atoms with E-state index in [1.165, 1.54) is 28.0 Å². The predicted octanol–water partition coefficient (Wildman–Crippen LogP) is 7.46. The molecule has 2 saturated carbocycles. The monoisotopic (exact) mass is 464 g/mol. The molecule has 5 unspecified atom stereocenters. The molecular weight excluding hydrogens is 436 g/mol. The van der Waals surface area contributed by atoms with Crippen LogP contribution in [-0.2, 0) is 15.1 Å². The second kappa shape index (κ2) is 7.09. The Bertz CT molecular complexity index is 1150. The van der Waals surface area contributed by atoms with Crippen LogP contribution in [0.2, 0.25) is 0 Å². The predicted molar refractivity (Wildman–Crippen MR) is 126 cm³/mol. The van der Waals surface area contributed by atoms with Gasteiger partial charge in [-0.25, -0.2) is 0 Å². The van der Waals surface area contributed by atoms with Gasteiger partial charge in [-0.1, -0.05) is 54.0 Å². The van der Waals surface area contributed by atoms with Crippen LogP contribution >= 0.6 is 15.9 Å². The van der Waals surface area contributed by atoms with Crippen LogP contribution in [0.3, 0.4) is 0 Å². The van der Waals surface area contributed by atoms with Gasteiger partial charge in [0.2, 0.25) is 0 Å². The summed E-state index contributed by atoms with van der Waals surface area (Å²) in [4.78, 5) is 13.2. The fourth-order valence-electron chi connectivity index (χ4n) is 6.02. The van der Waals surface area contributed by atoms with E-state index in [0.717, 1.165) is 22.4 Å². The SMILES string of the molecule is CC1C2CC(C(=O)OC(C)(C)c3cc4cc5ccccc5cc4cc3Br)C(C2)C1C. The first-order valence-corrected chi connectivity index (χ1v) is 11.9. The molecule has 3 aromatic rings. The van der Waals surface area contributed by atoms with Gasteiger partial charge in [0.15, 0.2) is 0 Å². The summed E-state index contributed by atoms with van der Waals surface area (Å²) >= 11 is 3.75. The fourth-order valence-corrected chi connectivity index (χ4v) is 6.86. The molecule has 156 valence electrons. The molecule has 5 rings (SSSR count). The molecular formula is C27H29BrO2. The zero-order valence-corrected chi connectivity index (χ0v) is 19.7. The topological polar surface area (TPSA) is 26.3 Å². The van der Waals surface area contributed by atoms with Crippen LogP contribution in [0, 0.1) is 29.6 Å². The Hall–Kier alpha value is -1.87. The van der Waals surface area contributed by atoms with Crippen molar-refractivity contribution in [2.75, 3.05) is 0 Å². The molecule has 0 heterocycles. The van der Waals surface area contributed by atoms with Crippen LogP contribution in [0.25, 0.3) is 21.5 Å². The van der Waals surface area contributed by atoms with Crippen molar-refractivity contribution in [2.24, 2.45) is 29.6 Å². The molecule has 2 bridgehead atoms. The number of ether oxygens (including phenoxy) is 1. The van der Waals surface area contributed by atoms with Crippen molar-refractivity contribution in [1.82, 2.24) is 0 Å². The lowest BCUT2D eigenvalue weighted by Gasteiger charge is -2.34. The van der Waals surface area contributed by atoms with Gasteiger partial charge in [-0.05, 0) is 96.2 Å². The largest absolute Gasteiger partial charge is 0.455 e. The smallest absolute Gasteiger partial charge is 0.310 e. The Morgan fingerprint density at radius 1 is 0.933 bits per heavy atom. The van der Waals surface area contributed by atoms with E-state index < -0.39 is 5.60 Å². The zero-order chi connectivity index (χ0) is 21.2. The van der Waals surface area contributed by atoms with E-state index in [9.17, 15) is 4.79 Å². The first-order chi connectivity index (χ1) is 14.2. The van der Waals surface area contributed by atoms with Gasteiger partial charge in [-0.15, -0.1) is 0 Å². The van der Waals surface area contributed by atoms with Gasteiger partial charge >= 0.3 is 5.97 Å². The highest BCUT2D eigenvalue weighted by molar-refractivity contribution is 9.10. The maximum atomic E-state index is 13.2. The Morgan fingerprint density at radius 2 is 1.57 bits per heavy atom. The maximum absolute atomic E-state index is 13.2. The lowest BCUT2D eigenvalue weighted by atomic mass is 9.75. The average Bonchev–Trinajstić information content (AvgIpc) is 3.25. The fraction of sp³-hybridized carbons (Fsp3) is 0.444. The summed E-state index contributed by atoms with van der Waals surface area (Å²) in [5.74, 6) is 2.56. The third kappa shape index (κ3) is 3.17. The lowest BCUT2D eigenvalue weighted by Crippen LogP contribution is -2.35. The van der Waals surface area contributed by atoms with Gasteiger partial charge in [0.05, 0.1) is 5.92 Å². The number of carbonyl (C=O) groups excluding carboxylic acids is 1. The summed E-state index contributed by atoms with van der Waals surface area (Å²) in [6, 6.07) is 17.2. The van der Waals surface area contributed by atoms with Gasteiger partial charge in [0.25, 0.3) is 0 Å². The highest BCUT2D eigenvalue weighted by Crippen LogP contribution is 2.55. The van der Waals surface area contributed by atoms with Crippen molar-refractivity contribution < 1.29 is 9.53 Å². The number of esters is 1. The molecule has 5 atom stereocenters. The Balaban J connectivity index is 1.45. The van der Waals surface area contributed by atoms with Crippen molar-refractivity contribution in [1.29, 1.82) is 0 Å². The van der Waals surface area contributed by atoms with Crippen LogP contribution in [0.15, 0.2) is 53.0 Å². The lowest BCUT2D eigenvalue weighted by molar-refractivity contribution is -0.165. The van der Waals surface area contributed by atoms with Gasteiger partial charge in [0.1, 0.15) is 5.60 Å². The van der Waals surface area contributed by atoms with Crippen LogP contribution in [0.4, 0.5) is 0 Å². The van der Waals surface area contributed by atoms with E-state index in [-0.39, 0.29) is 11.9 Å². The minimum atomic E-state index is -0.688. The standard InChI is InChI=1S/C27H29BrO2/c1-15-16(2)22-11-19(15)12-23(22)26(29)30-27(3,4)24-13-20-9-17-7-5-6-8-18(17)10-21(20)14-25(24)28/h5-10,13-16,19,22-23H,11-12H2,1-4H3. The van der Waals surface area contributed by atoms with Crippen molar-refractivity contribution in [2.45, 2.75) is 46.1 Å². The number of hydrogen-bond donors (Lipinski definition) is 0. The molecule has 0 radical (unpaired) electrons. The van der Waals surface area contributed by atoms with Crippen LogP contribution in [0.5, 0.6) is 0 Å². The van der Waals surface area contributed by atoms with Crippen LogP contribution < -0.4 is 0 Å². The number of fused-ring (bicyclic) bond motifs is 4. The molecule has 0 N–H and O–H groups in total. The number of hydrogen-bond acceptors (Lipinski definition) is 2. The Morgan fingerprint density at radius 3 is 2.17 bits per heavy atom. The minimum absolute atomic E-state index is 0.0169. The van der Waals surface area contributed by atoms with E-state index in [0.29, 0.717) is 17.8 Å². The van der Waals surface area contributed by atoms with Crippen molar-refractivity contribution >= 4 is 43.4 Å². The third-order valence-corrected chi connectivity index (χ3v) is 8.65. The molecule has 2 nitrogen and oxygen atoms in total. The van der Waals surface area contributed by atoms with E-state index >= 15 is 0 Å². The number of benzene rings is 3. The summed E-state index contributed by atoms with van der Waals surface area (Å²) in [5, 5.41) is 4.80. The molecule has 0 aromatic heterocycles. The number of halogens is 1. The second-order valence-electron chi connectivity index (χ2n) is 10.0. The van der Waals surface area contributed by atoms with Gasteiger partial charge in [-0.2, -0.15) is 0 Å². The zero-order valence-electron chi connectivity index (χ0n) is 18.1. The van der Waals surface area contributed by atoms with Crippen molar-refractivity contribution in [3.63, 3.8) is 0 Å². The van der Waals surface area contributed by atoms with E-state index in [1.54, 1.807) is 0 Å². The summed E-state index contributed by atoms with van der Waals surface area (Å²) in [6.45, 7) is 8.68. The maximum Gasteiger partial charge on any atom is 0.310 e. The molecule has 3 heteroatoms. The number of carbonyl (C=O) groups is 1. The van der Waals surface area contributed by atoms with Crippen LogP contribution in [0.1, 0.15) is 46.1 Å². The van der Waals surface area contributed by atoms with Crippen molar-refractivity contribution in [3.8, 4) is 0 Å². The minimum Gasteiger partial charge on any atom is -0.455 e. The third-order valence-electron chi connectivity index (χ3n) is 7.99. The summed E-state index contributed by atoms with van der Waals surface area (Å²) in [5.41, 5.74) is 0.329. The molecule has 2 aliphatic rings. The van der Waals surface area contributed by atoms with Crippen molar-refractivity contribution in [3.05, 3.63) is 58.6 Å². The molecule has 0 spiro atoms. The highest BCUT2D eigenvalue weighted by atomic mass is 79.9. The first kappa shape index (κ1) is 20.1. The van der Waals surface area contributed by atoms with E-state index in [2.05, 4.69) is 78.3 Å². The molecule has 0 amide bonds. The van der Waals surface area contributed by atoms with E-state index in [4.69, 9.17) is 4.74 Å². The summed E-state index contributed by atoms with van der Waals surface area (Å²) in [7, 11) is 0. The molecule has 0 aliphatic heterocycles. The Kier molecular flexibility index (Phi) is 4.74. The van der Waals surface area contributed by atoms with Gasteiger partial charge in [-0.3, -0.25) is 4.79 Å².